The minimum Gasteiger partial charge on any atom is -0.351 e. The van der Waals surface area contributed by atoms with E-state index >= 15 is 0 Å². The van der Waals surface area contributed by atoms with E-state index in [1.165, 1.54) is 35.0 Å². The first kappa shape index (κ1) is 12.7. The van der Waals surface area contributed by atoms with Gasteiger partial charge in [-0.05, 0) is 37.5 Å². The van der Waals surface area contributed by atoms with Crippen LogP contribution in [0.4, 0.5) is 10.6 Å². The maximum Gasteiger partial charge on any atom is 0.317 e. The van der Waals surface area contributed by atoms with Crippen LogP contribution >= 0.6 is 23.1 Å². The Morgan fingerprint density at radius 2 is 2.16 bits per heavy atom. The van der Waals surface area contributed by atoms with Crippen molar-refractivity contribution in [2.45, 2.75) is 30.8 Å². The summed E-state index contributed by atoms with van der Waals surface area (Å²) in [5, 5.41) is 4.28. The van der Waals surface area contributed by atoms with Gasteiger partial charge in [0.05, 0.1) is 5.39 Å². The maximum atomic E-state index is 11.1. The van der Waals surface area contributed by atoms with Crippen molar-refractivity contribution in [1.29, 1.82) is 0 Å². The van der Waals surface area contributed by atoms with Crippen molar-refractivity contribution in [1.82, 2.24) is 9.97 Å². The molecule has 0 spiro atoms. The number of anilines is 1. The number of nitrogens with zero attached hydrogens (tertiary/aromatic N) is 2. The summed E-state index contributed by atoms with van der Waals surface area (Å²) in [6, 6.07) is -0.581. The van der Waals surface area contributed by atoms with Gasteiger partial charge in [-0.2, -0.15) is 0 Å². The fourth-order valence-corrected chi connectivity index (χ4v) is 4.12. The van der Waals surface area contributed by atoms with Gasteiger partial charge < -0.3 is 5.73 Å². The summed E-state index contributed by atoms with van der Waals surface area (Å²) >= 11 is 3.18. The molecular formula is C12H14N4OS2. The fraction of sp³-hybridized carbons (Fsp3) is 0.417. The predicted molar refractivity (Wildman–Crippen MR) is 79.0 cm³/mol. The molecule has 0 bridgehead atoms. The van der Waals surface area contributed by atoms with Crippen molar-refractivity contribution in [3.63, 3.8) is 0 Å². The molecule has 0 atom stereocenters. The molecule has 1 aliphatic rings. The van der Waals surface area contributed by atoms with Crippen LogP contribution in [0.25, 0.3) is 10.2 Å². The van der Waals surface area contributed by atoms with E-state index in [-0.39, 0.29) is 0 Å². The van der Waals surface area contributed by atoms with Gasteiger partial charge in [-0.1, -0.05) is 11.8 Å². The number of rotatable bonds is 2. The molecule has 19 heavy (non-hydrogen) atoms. The number of hydrogen-bond donors (Lipinski definition) is 2. The van der Waals surface area contributed by atoms with Crippen LogP contribution in [0.3, 0.4) is 0 Å². The highest BCUT2D eigenvalue weighted by molar-refractivity contribution is 7.98. The number of aromatic nitrogens is 2. The summed E-state index contributed by atoms with van der Waals surface area (Å²) in [5.41, 5.74) is 6.53. The molecule has 0 aromatic carbocycles. The van der Waals surface area contributed by atoms with Gasteiger partial charge in [-0.15, -0.1) is 11.3 Å². The van der Waals surface area contributed by atoms with Crippen LogP contribution in [0.5, 0.6) is 0 Å². The molecular weight excluding hydrogens is 280 g/mol. The van der Waals surface area contributed by atoms with Crippen molar-refractivity contribution < 1.29 is 4.79 Å². The number of carbonyl (C=O) groups excluding carboxylic acids is 1. The standard InChI is InChI=1S/C12H14N4OS2/c1-18-12-15-9(14-11(13)17)8-6-4-2-3-5-7(6)19-10(8)16-12/h2-5H2,1H3,(H3,13,14,15,16,17). The molecule has 0 radical (unpaired) electrons. The largest absolute Gasteiger partial charge is 0.351 e. The van der Waals surface area contributed by atoms with Gasteiger partial charge >= 0.3 is 6.03 Å². The predicted octanol–water partition coefficient (Wildman–Crippen LogP) is 2.78. The molecule has 2 aromatic heterocycles. The second-order valence-electron chi connectivity index (χ2n) is 4.44. The van der Waals surface area contributed by atoms with Crippen LogP contribution < -0.4 is 11.1 Å². The summed E-state index contributed by atoms with van der Waals surface area (Å²) < 4.78 is 0. The lowest BCUT2D eigenvalue weighted by atomic mass is 9.97. The van der Waals surface area contributed by atoms with Crippen molar-refractivity contribution >= 4 is 45.2 Å². The molecule has 100 valence electrons. The van der Waals surface area contributed by atoms with Gasteiger partial charge in [0.2, 0.25) is 0 Å². The van der Waals surface area contributed by atoms with Crippen LogP contribution in [0, 0.1) is 0 Å². The highest BCUT2D eigenvalue weighted by Crippen LogP contribution is 2.39. The Labute approximate surface area is 119 Å². The molecule has 0 unspecified atom stereocenters. The van der Waals surface area contributed by atoms with Gasteiger partial charge in [0.15, 0.2) is 5.16 Å². The van der Waals surface area contributed by atoms with Crippen LogP contribution in [0.1, 0.15) is 23.3 Å². The number of thiophene rings is 1. The minimum absolute atomic E-state index is 0.557. The third-order valence-corrected chi connectivity index (χ3v) is 4.95. The van der Waals surface area contributed by atoms with E-state index in [4.69, 9.17) is 5.73 Å². The molecule has 0 aliphatic heterocycles. The number of primary amides is 1. The number of fused-ring (bicyclic) bond motifs is 3. The Morgan fingerprint density at radius 3 is 2.89 bits per heavy atom. The molecule has 0 saturated heterocycles. The lowest BCUT2D eigenvalue weighted by Gasteiger charge is -2.11. The van der Waals surface area contributed by atoms with Crippen molar-refractivity contribution in [2.24, 2.45) is 5.73 Å². The number of nitrogens with two attached hydrogens (primary N) is 1. The number of nitrogens with one attached hydrogen (secondary N) is 1. The molecule has 2 aromatic rings. The Bertz CT molecular complexity index is 653. The van der Waals surface area contributed by atoms with Crippen molar-refractivity contribution in [3.8, 4) is 0 Å². The Kier molecular flexibility index (Phi) is 3.32. The average molecular weight is 294 g/mol. The van der Waals surface area contributed by atoms with E-state index in [0.717, 1.165) is 23.1 Å². The van der Waals surface area contributed by atoms with E-state index in [2.05, 4.69) is 15.3 Å². The third kappa shape index (κ3) is 2.28. The lowest BCUT2D eigenvalue weighted by Crippen LogP contribution is -2.20. The van der Waals surface area contributed by atoms with Crippen LogP contribution in [-0.2, 0) is 12.8 Å². The van der Waals surface area contributed by atoms with E-state index < -0.39 is 6.03 Å². The highest BCUT2D eigenvalue weighted by Gasteiger charge is 2.21. The van der Waals surface area contributed by atoms with Crippen LogP contribution in [-0.4, -0.2) is 22.3 Å². The normalized spacial score (nSPS) is 14.4. The first-order valence-electron chi connectivity index (χ1n) is 6.11. The molecule has 2 amide bonds. The number of amides is 2. The quantitative estimate of drug-likeness (QED) is 0.659. The molecule has 0 fully saturated rings. The molecule has 2 heterocycles. The third-order valence-electron chi connectivity index (χ3n) is 3.22. The average Bonchev–Trinajstić information content (AvgIpc) is 2.76. The number of aryl methyl sites for hydroxylation is 2. The molecule has 7 heteroatoms. The van der Waals surface area contributed by atoms with Crippen LogP contribution in [0.2, 0.25) is 0 Å². The van der Waals surface area contributed by atoms with Gasteiger partial charge in [0.1, 0.15) is 10.6 Å². The summed E-state index contributed by atoms with van der Waals surface area (Å²) in [5.74, 6) is 0.557. The van der Waals surface area contributed by atoms with Gasteiger partial charge in [0, 0.05) is 4.88 Å². The Morgan fingerprint density at radius 1 is 1.37 bits per heavy atom. The maximum absolute atomic E-state index is 11.1. The molecule has 1 aliphatic carbocycles. The van der Waals surface area contributed by atoms with Gasteiger partial charge in [-0.25, -0.2) is 14.8 Å². The highest BCUT2D eigenvalue weighted by atomic mass is 32.2. The second kappa shape index (κ2) is 4.97. The van der Waals surface area contributed by atoms with E-state index in [1.807, 2.05) is 6.26 Å². The zero-order valence-corrected chi connectivity index (χ0v) is 12.2. The minimum atomic E-state index is -0.581. The zero-order valence-electron chi connectivity index (χ0n) is 10.5. The zero-order chi connectivity index (χ0) is 13.4. The number of thioether (sulfide) groups is 1. The smallest absolute Gasteiger partial charge is 0.317 e. The fourth-order valence-electron chi connectivity index (χ4n) is 2.44. The summed E-state index contributed by atoms with van der Waals surface area (Å²) in [4.78, 5) is 22.4. The first-order chi connectivity index (χ1) is 9.19. The molecule has 3 rings (SSSR count). The summed E-state index contributed by atoms with van der Waals surface area (Å²) in [6.07, 6.45) is 6.45. The van der Waals surface area contributed by atoms with Crippen LogP contribution in [0.15, 0.2) is 5.16 Å². The topological polar surface area (TPSA) is 80.9 Å². The number of hydrogen-bond acceptors (Lipinski definition) is 5. The van der Waals surface area contributed by atoms with Crippen molar-refractivity contribution in [3.05, 3.63) is 10.4 Å². The molecule has 0 saturated carbocycles. The lowest BCUT2D eigenvalue weighted by molar-refractivity contribution is 0.259. The molecule has 3 N–H and O–H groups in total. The SMILES string of the molecule is CSc1nc(NC(N)=O)c2c3c(sc2n1)CCCC3. The second-order valence-corrected chi connectivity index (χ2v) is 6.30. The van der Waals surface area contributed by atoms with Gasteiger partial charge in [0.25, 0.3) is 0 Å². The van der Waals surface area contributed by atoms with E-state index in [0.29, 0.717) is 11.0 Å². The summed E-state index contributed by atoms with van der Waals surface area (Å²) in [6.45, 7) is 0. The van der Waals surface area contributed by atoms with E-state index in [1.54, 1.807) is 11.3 Å². The van der Waals surface area contributed by atoms with Crippen molar-refractivity contribution in [2.75, 3.05) is 11.6 Å². The van der Waals surface area contributed by atoms with E-state index in [9.17, 15) is 4.79 Å². The van der Waals surface area contributed by atoms with Gasteiger partial charge in [-0.3, -0.25) is 5.32 Å². The molecule has 5 nitrogen and oxygen atoms in total. The number of carbonyl (C=O) groups is 1. The first-order valence-corrected chi connectivity index (χ1v) is 8.16. The Balaban J connectivity index is 2.24. The summed E-state index contributed by atoms with van der Waals surface area (Å²) in [7, 11) is 0. The monoisotopic (exact) mass is 294 g/mol. The Hall–Kier alpha value is -1.34. The number of urea groups is 1.